The maximum Gasteiger partial charge on any atom is 0.326 e. The smallest absolute Gasteiger partial charge is 0.326 e. The number of amides is 2. The number of aliphatic hydroxyl groups is 1. The van der Waals surface area contributed by atoms with E-state index in [9.17, 15) is 9.59 Å². The third kappa shape index (κ3) is 5.04. The first kappa shape index (κ1) is 15.7. The molecule has 3 N–H and O–H groups in total. The molecule has 2 amide bonds. The molecule has 0 aromatic rings. The lowest BCUT2D eigenvalue weighted by Crippen LogP contribution is -2.50. The zero-order valence-electron chi connectivity index (χ0n) is 11.2. The third-order valence-electron chi connectivity index (χ3n) is 3.32. The van der Waals surface area contributed by atoms with Crippen molar-refractivity contribution in [2.24, 2.45) is 5.92 Å². The first-order valence-corrected chi connectivity index (χ1v) is 6.46. The molecule has 7 nitrogen and oxygen atoms in total. The Bertz CT molecular complexity index is 302. The second-order valence-corrected chi connectivity index (χ2v) is 4.74. The number of methoxy groups -OCH3 is 1. The van der Waals surface area contributed by atoms with Crippen LogP contribution >= 0.6 is 0 Å². The van der Waals surface area contributed by atoms with Crippen molar-refractivity contribution in [1.29, 1.82) is 0 Å². The number of nitrogens with zero attached hydrogens (tertiary/aromatic N) is 1. The summed E-state index contributed by atoms with van der Waals surface area (Å²) in [5.41, 5.74) is 0. The Hall–Kier alpha value is -1.34. The fourth-order valence-corrected chi connectivity index (χ4v) is 2.17. The Morgan fingerprint density at radius 3 is 2.53 bits per heavy atom. The highest BCUT2D eigenvalue weighted by molar-refractivity contribution is 5.82. The van der Waals surface area contributed by atoms with E-state index in [2.05, 4.69) is 5.32 Å². The summed E-state index contributed by atoms with van der Waals surface area (Å²) in [6.45, 7) is 1.63. The van der Waals surface area contributed by atoms with Crippen LogP contribution in [0.5, 0.6) is 0 Å². The number of aliphatic hydroxyl groups excluding tert-OH is 1. The van der Waals surface area contributed by atoms with Gasteiger partial charge < -0.3 is 25.2 Å². The number of carbonyl (C=O) groups is 2. The molecule has 1 atom stereocenters. The number of urea groups is 1. The molecule has 0 spiro atoms. The standard InChI is InChI=1S/C12H22N2O5/c1-19-8-9-2-5-14(6-3-9)12(18)13-10(4-7-15)11(16)17/h9-10,15H,2-8H2,1H3,(H,13,18)(H,16,17)/t10-/m0/s1. The van der Waals surface area contributed by atoms with E-state index in [-0.39, 0.29) is 19.1 Å². The number of carboxylic acid groups (broad SMARTS) is 1. The number of aliphatic carboxylic acids is 1. The monoisotopic (exact) mass is 274 g/mol. The predicted octanol–water partition coefficient (Wildman–Crippen LogP) is -0.110. The lowest BCUT2D eigenvalue weighted by atomic mass is 9.98. The Balaban J connectivity index is 2.39. The van der Waals surface area contributed by atoms with Gasteiger partial charge in [0.25, 0.3) is 0 Å². The van der Waals surface area contributed by atoms with Crippen molar-refractivity contribution in [1.82, 2.24) is 10.2 Å². The number of carbonyl (C=O) groups excluding carboxylic acids is 1. The van der Waals surface area contributed by atoms with Gasteiger partial charge in [-0.2, -0.15) is 0 Å². The zero-order valence-corrected chi connectivity index (χ0v) is 11.2. The number of likely N-dealkylation sites (tertiary alicyclic amines) is 1. The van der Waals surface area contributed by atoms with Gasteiger partial charge >= 0.3 is 12.0 Å². The number of piperidine rings is 1. The number of nitrogens with one attached hydrogen (secondary N) is 1. The topological polar surface area (TPSA) is 99.1 Å². The van der Waals surface area contributed by atoms with Crippen LogP contribution in [0.1, 0.15) is 19.3 Å². The Morgan fingerprint density at radius 1 is 1.42 bits per heavy atom. The molecule has 1 aliphatic heterocycles. The maximum absolute atomic E-state index is 11.9. The lowest BCUT2D eigenvalue weighted by Gasteiger charge is -2.32. The minimum Gasteiger partial charge on any atom is -0.480 e. The number of carboxylic acids is 1. The van der Waals surface area contributed by atoms with E-state index < -0.39 is 12.0 Å². The van der Waals surface area contributed by atoms with Crippen LogP contribution < -0.4 is 5.32 Å². The van der Waals surface area contributed by atoms with Crippen molar-refractivity contribution in [2.45, 2.75) is 25.3 Å². The number of rotatable bonds is 6. The highest BCUT2D eigenvalue weighted by Gasteiger charge is 2.26. The molecule has 19 heavy (non-hydrogen) atoms. The molecule has 1 aliphatic rings. The van der Waals surface area contributed by atoms with Crippen molar-refractivity contribution in [2.75, 3.05) is 33.4 Å². The molecule has 0 unspecified atom stereocenters. The van der Waals surface area contributed by atoms with Crippen LogP contribution in [-0.2, 0) is 9.53 Å². The lowest BCUT2D eigenvalue weighted by molar-refractivity contribution is -0.139. The second-order valence-electron chi connectivity index (χ2n) is 4.74. The Morgan fingerprint density at radius 2 is 2.05 bits per heavy atom. The van der Waals surface area contributed by atoms with Gasteiger partial charge in [-0.25, -0.2) is 9.59 Å². The molecule has 1 heterocycles. The van der Waals surface area contributed by atoms with Gasteiger partial charge in [-0.05, 0) is 18.8 Å². The quantitative estimate of drug-likeness (QED) is 0.627. The van der Waals surface area contributed by atoms with Crippen molar-refractivity contribution in [3.05, 3.63) is 0 Å². The molecule has 1 fully saturated rings. The highest BCUT2D eigenvalue weighted by Crippen LogP contribution is 2.17. The molecule has 0 aromatic carbocycles. The number of hydrogen-bond acceptors (Lipinski definition) is 4. The molecule has 110 valence electrons. The second kappa shape index (κ2) is 7.96. The van der Waals surface area contributed by atoms with Crippen molar-refractivity contribution in [3.63, 3.8) is 0 Å². The van der Waals surface area contributed by atoms with Gasteiger partial charge in [0, 0.05) is 39.8 Å². The molecular formula is C12H22N2O5. The van der Waals surface area contributed by atoms with E-state index in [1.165, 1.54) is 0 Å². The van der Waals surface area contributed by atoms with Gasteiger partial charge in [0.15, 0.2) is 0 Å². The van der Waals surface area contributed by atoms with Gasteiger partial charge in [-0.1, -0.05) is 0 Å². The minimum absolute atomic E-state index is 0.0151. The predicted molar refractivity (Wildman–Crippen MR) is 67.8 cm³/mol. The fraction of sp³-hybridized carbons (Fsp3) is 0.833. The van der Waals surface area contributed by atoms with E-state index in [4.69, 9.17) is 14.9 Å². The molecule has 7 heteroatoms. The summed E-state index contributed by atoms with van der Waals surface area (Å²) in [6, 6.07) is -1.41. The molecule has 1 saturated heterocycles. The van der Waals surface area contributed by atoms with Crippen LogP contribution in [0.4, 0.5) is 4.79 Å². The summed E-state index contributed by atoms with van der Waals surface area (Å²) in [5.74, 6) is -0.668. The summed E-state index contributed by atoms with van der Waals surface area (Å²) in [4.78, 5) is 24.4. The summed E-state index contributed by atoms with van der Waals surface area (Å²) < 4.78 is 5.08. The first-order chi connectivity index (χ1) is 9.08. The molecule has 0 saturated carbocycles. The van der Waals surface area contributed by atoms with Crippen LogP contribution in [0.25, 0.3) is 0 Å². The van der Waals surface area contributed by atoms with E-state index in [1.807, 2.05) is 0 Å². The number of ether oxygens (including phenoxy) is 1. The normalized spacial score (nSPS) is 18.1. The number of hydrogen-bond donors (Lipinski definition) is 3. The van der Waals surface area contributed by atoms with Gasteiger partial charge in [0.05, 0.1) is 0 Å². The average Bonchev–Trinajstić information content (AvgIpc) is 2.39. The summed E-state index contributed by atoms with van der Waals surface area (Å²) in [7, 11) is 1.66. The largest absolute Gasteiger partial charge is 0.480 e. The van der Waals surface area contributed by atoms with Crippen molar-refractivity contribution in [3.8, 4) is 0 Å². The SMILES string of the molecule is COCC1CCN(C(=O)N[C@@H](CCO)C(=O)O)CC1. The van der Waals surface area contributed by atoms with Crippen LogP contribution in [0, 0.1) is 5.92 Å². The average molecular weight is 274 g/mol. The Kier molecular flexibility index (Phi) is 6.58. The van der Waals surface area contributed by atoms with E-state index >= 15 is 0 Å². The van der Waals surface area contributed by atoms with Crippen molar-refractivity contribution >= 4 is 12.0 Å². The van der Waals surface area contributed by atoms with Gasteiger partial charge in [0.1, 0.15) is 6.04 Å². The molecule has 0 aliphatic carbocycles. The molecule has 0 radical (unpaired) electrons. The van der Waals surface area contributed by atoms with Crippen LogP contribution in [0.15, 0.2) is 0 Å². The van der Waals surface area contributed by atoms with Gasteiger partial charge in [-0.3, -0.25) is 0 Å². The highest BCUT2D eigenvalue weighted by atomic mass is 16.5. The molecule has 1 rings (SSSR count). The van der Waals surface area contributed by atoms with Crippen LogP contribution in [0.3, 0.4) is 0 Å². The summed E-state index contributed by atoms with van der Waals surface area (Å²) in [5, 5.41) is 20.1. The van der Waals surface area contributed by atoms with E-state index in [1.54, 1.807) is 12.0 Å². The fourth-order valence-electron chi connectivity index (χ4n) is 2.17. The third-order valence-corrected chi connectivity index (χ3v) is 3.32. The van der Waals surface area contributed by atoms with E-state index in [0.717, 1.165) is 12.8 Å². The van der Waals surface area contributed by atoms with Gasteiger partial charge in [-0.15, -0.1) is 0 Å². The zero-order chi connectivity index (χ0) is 14.3. The summed E-state index contributed by atoms with van der Waals surface area (Å²) in [6.07, 6.45) is 1.74. The summed E-state index contributed by atoms with van der Waals surface area (Å²) >= 11 is 0. The van der Waals surface area contributed by atoms with Crippen LogP contribution in [-0.4, -0.2) is 66.6 Å². The molecule has 0 aromatic heterocycles. The molecular weight excluding hydrogens is 252 g/mol. The van der Waals surface area contributed by atoms with Gasteiger partial charge in [0.2, 0.25) is 0 Å². The maximum atomic E-state index is 11.9. The first-order valence-electron chi connectivity index (χ1n) is 6.46. The molecule has 0 bridgehead atoms. The Labute approximate surface area is 112 Å². The van der Waals surface area contributed by atoms with Crippen molar-refractivity contribution < 1.29 is 24.5 Å². The minimum atomic E-state index is -1.13. The van der Waals surface area contributed by atoms with E-state index in [0.29, 0.717) is 25.6 Å². The van der Waals surface area contributed by atoms with Crippen LogP contribution in [0.2, 0.25) is 0 Å².